The van der Waals surface area contributed by atoms with Gasteiger partial charge in [0.25, 0.3) is 5.69 Å². The van der Waals surface area contributed by atoms with E-state index in [0.717, 1.165) is 5.69 Å². The molecule has 0 aromatic heterocycles. The van der Waals surface area contributed by atoms with Gasteiger partial charge in [-0.05, 0) is 31.0 Å². The minimum atomic E-state index is -0.553. The number of benzene rings is 2. The predicted molar refractivity (Wildman–Crippen MR) is 123 cm³/mol. The number of piperidine rings is 1. The molecule has 33 heavy (non-hydrogen) atoms. The summed E-state index contributed by atoms with van der Waals surface area (Å²) in [5, 5.41) is 13.9. The van der Waals surface area contributed by atoms with E-state index in [1.54, 1.807) is 9.80 Å². The van der Waals surface area contributed by atoms with Crippen LogP contribution in [-0.2, 0) is 14.4 Å². The molecule has 0 bridgehead atoms. The van der Waals surface area contributed by atoms with Crippen LogP contribution in [0.4, 0.5) is 17.1 Å². The van der Waals surface area contributed by atoms with Crippen LogP contribution in [-0.4, -0.2) is 47.2 Å². The van der Waals surface area contributed by atoms with Gasteiger partial charge >= 0.3 is 0 Å². The number of nitrogens with zero attached hydrogens (tertiary/aromatic N) is 3. The van der Waals surface area contributed by atoms with Crippen LogP contribution in [0.5, 0.6) is 0 Å². The molecule has 0 radical (unpaired) electrons. The third-order valence-electron chi connectivity index (χ3n) is 6.14. The van der Waals surface area contributed by atoms with Gasteiger partial charge in [-0.1, -0.05) is 29.8 Å². The van der Waals surface area contributed by atoms with Crippen molar-refractivity contribution in [2.75, 3.05) is 29.9 Å². The first-order valence-electron chi connectivity index (χ1n) is 10.7. The van der Waals surface area contributed by atoms with Crippen LogP contribution >= 0.6 is 11.6 Å². The Bertz CT molecular complexity index is 1090. The standard InChI is InChI=1S/C23H23ClN4O5/c24-19-7-6-18(28(32)33)13-20(19)25-22(30)15-8-10-26(11-9-15)23(31)16-12-21(29)27(14-16)17-4-2-1-3-5-17/h1-7,13,15-16H,8-12,14H2,(H,25,30). The van der Waals surface area contributed by atoms with Gasteiger partial charge in [0.1, 0.15) is 0 Å². The molecule has 1 unspecified atom stereocenters. The zero-order valence-electron chi connectivity index (χ0n) is 17.8. The third-order valence-corrected chi connectivity index (χ3v) is 6.47. The first-order valence-corrected chi connectivity index (χ1v) is 11.1. The Kier molecular flexibility index (Phi) is 6.60. The van der Waals surface area contributed by atoms with Crippen LogP contribution in [0, 0.1) is 22.0 Å². The van der Waals surface area contributed by atoms with E-state index in [0.29, 0.717) is 32.5 Å². The van der Waals surface area contributed by atoms with Gasteiger partial charge in [-0.2, -0.15) is 0 Å². The molecule has 2 aliphatic heterocycles. The minimum absolute atomic E-state index is 0.0670. The molecule has 2 aromatic rings. The van der Waals surface area contributed by atoms with Gasteiger partial charge in [-0.25, -0.2) is 0 Å². The molecule has 10 heteroatoms. The number of carbonyl (C=O) groups excluding carboxylic acids is 3. The fraction of sp³-hybridized carbons (Fsp3) is 0.348. The molecule has 2 aromatic carbocycles. The summed E-state index contributed by atoms with van der Waals surface area (Å²) in [5.41, 5.74) is 0.818. The molecule has 2 heterocycles. The minimum Gasteiger partial charge on any atom is -0.342 e. The maximum atomic E-state index is 13.0. The van der Waals surface area contributed by atoms with Gasteiger partial charge in [0.2, 0.25) is 17.7 Å². The molecular weight excluding hydrogens is 448 g/mol. The number of nitro groups is 1. The molecule has 2 aliphatic rings. The summed E-state index contributed by atoms with van der Waals surface area (Å²) < 4.78 is 0. The molecule has 0 aliphatic carbocycles. The van der Waals surface area contributed by atoms with Gasteiger partial charge in [-0.15, -0.1) is 0 Å². The normalized spacial score (nSPS) is 18.9. The molecule has 2 fully saturated rings. The Hall–Kier alpha value is -3.46. The van der Waals surface area contributed by atoms with Gasteiger partial charge in [0.15, 0.2) is 0 Å². The molecule has 1 N–H and O–H groups in total. The molecule has 1 atom stereocenters. The summed E-state index contributed by atoms with van der Waals surface area (Å²) in [6, 6.07) is 13.2. The Balaban J connectivity index is 1.32. The summed E-state index contributed by atoms with van der Waals surface area (Å²) >= 11 is 6.07. The number of non-ortho nitro benzene ring substituents is 1. The van der Waals surface area contributed by atoms with Crippen molar-refractivity contribution in [3.63, 3.8) is 0 Å². The Morgan fingerprint density at radius 3 is 2.42 bits per heavy atom. The number of hydrogen-bond acceptors (Lipinski definition) is 5. The fourth-order valence-electron chi connectivity index (χ4n) is 4.31. The van der Waals surface area contributed by atoms with Crippen LogP contribution in [0.2, 0.25) is 5.02 Å². The predicted octanol–water partition coefficient (Wildman–Crippen LogP) is 3.48. The van der Waals surface area contributed by atoms with Crippen molar-refractivity contribution in [3.05, 3.63) is 63.7 Å². The number of rotatable bonds is 5. The van der Waals surface area contributed by atoms with Crippen molar-refractivity contribution in [2.45, 2.75) is 19.3 Å². The average molecular weight is 471 g/mol. The number of nitrogens with one attached hydrogen (secondary N) is 1. The zero-order chi connectivity index (χ0) is 23.5. The van der Waals surface area contributed by atoms with E-state index in [4.69, 9.17) is 11.6 Å². The average Bonchev–Trinajstić information content (AvgIpc) is 3.22. The molecule has 2 saturated heterocycles. The summed E-state index contributed by atoms with van der Waals surface area (Å²) in [4.78, 5) is 51.9. The number of hydrogen-bond donors (Lipinski definition) is 1. The van der Waals surface area contributed by atoms with Crippen molar-refractivity contribution >= 4 is 46.4 Å². The maximum Gasteiger partial charge on any atom is 0.271 e. The van der Waals surface area contributed by atoms with Crippen molar-refractivity contribution < 1.29 is 19.3 Å². The fourth-order valence-corrected chi connectivity index (χ4v) is 4.47. The highest BCUT2D eigenvalue weighted by Gasteiger charge is 2.38. The Morgan fingerprint density at radius 2 is 1.76 bits per heavy atom. The quantitative estimate of drug-likeness (QED) is 0.531. The number of amides is 3. The van der Waals surface area contributed by atoms with Crippen LogP contribution in [0.25, 0.3) is 0 Å². The second kappa shape index (κ2) is 9.58. The van der Waals surface area contributed by atoms with E-state index in [1.165, 1.54) is 18.2 Å². The number of carbonyl (C=O) groups is 3. The van der Waals surface area contributed by atoms with E-state index in [2.05, 4.69) is 5.32 Å². The van der Waals surface area contributed by atoms with Crippen molar-refractivity contribution in [1.29, 1.82) is 0 Å². The smallest absolute Gasteiger partial charge is 0.271 e. The van der Waals surface area contributed by atoms with Gasteiger partial charge in [0.05, 0.1) is 21.6 Å². The molecule has 172 valence electrons. The number of likely N-dealkylation sites (tertiary alicyclic amines) is 1. The van der Waals surface area contributed by atoms with Crippen molar-refractivity contribution in [2.24, 2.45) is 11.8 Å². The second-order valence-electron chi connectivity index (χ2n) is 8.25. The van der Waals surface area contributed by atoms with Crippen molar-refractivity contribution in [3.8, 4) is 0 Å². The highest BCUT2D eigenvalue weighted by molar-refractivity contribution is 6.33. The Morgan fingerprint density at radius 1 is 1.06 bits per heavy atom. The Labute approximate surface area is 195 Å². The number of nitro benzene ring substituents is 1. The molecule has 9 nitrogen and oxygen atoms in total. The number of anilines is 2. The summed E-state index contributed by atoms with van der Waals surface area (Å²) in [5.74, 6) is -1.15. The molecule has 4 rings (SSSR count). The van der Waals surface area contributed by atoms with Gasteiger partial charge < -0.3 is 15.1 Å². The second-order valence-corrected chi connectivity index (χ2v) is 8.66. The molecule has 0 saturated carbocycles. The van der Waals surface area contributed by atoms with E-state index in [9.17, 15) is 24.5 Å². The molecule has 0 spiro atoms. The van der Waals surface area contributed by atoms with Crippen molar-refractivity contribution in [1.82, 2.24) is 4.90 Å². The summed E-state index contributed by atoms with van der Waals surface area (Å²) in [7, 11) is 0. The SMILES string of the molecule is O=C(Nc1cc([N+](=O)[O-])ccc1Cl)C1CCN(C(=O)C2CC(=O)N(c3ccccc3)C2)CC1. The van der Waals surface area contributed by atoms with E-state index in [-0.39, 0.29) is 46.5 Å². The van der Waals surface area contributed by atoms with Gasteiger partial charge in [-0.3, -0.25) is 24.5 Å². The molecule has 3 amide bonds. The third kappa shape index (κ3) is 4.98. The van der Waals surface area contributed by atoms with Crippen LogP contribution in [0.3, 0.4) is 0 Å². The van der Waals surface area contributed by atoms with Gasteiger partial charge in [0, 0.05) is 49.8 Å². The van der Waals surface area contributed by atoms with Crippen LogP contribution in [0.1, 0.15) is 19.3 Å². The van der Waals surface area contributed by atoms with Crippen LogP contribution < -0.4 is 10.2 Å². The first-order chi connectivity index (χ1) is 15.8. The first kappa shape index (κ1) is 22.7. The molecular formula is C23H23ClN4O5. The largest absolute Gasteiger partial charge is 0.342 e. The topological polar surface area (TPSA) is 113 Å². The maximum absolute atomic E-state index is 13.0. The number of para-hydroxylation sites is 1. The highest BCUT2D eigenvalue weighted by atomic mass is 35.5. The van der Waals surface area contributed by atoms with E-state index in [1.807, 2.05) is 30.3 Å². The highest BCUT2D eigenvalue weighted by Crippen LogP contribution is 2.30. The zero-order valence-corrected chi connectivity index (χ0v) is 18.5. The summed E-state index contributed by atoms with van der Waals surface area (Å²) in [6.07, 6.45) is 1.11. The van der Waals surface area contributed by atoms with E-state index >= 15 is 0 Å². The van der Waals surface area contributed by atoms with Crippen LogP contribution in [0.15, 0.2) is 48.5 Å². The lowest BCUT2D eigenvalue weighted by Gasteiger charge is -2.33. The van der Waals surface area contributed by atoms with E-state index < -0.39 is 10.8 Å². The lowest BCUT2D eigenvalue weighted by atomic mass is 9.94. The lowest BCUT2D eigenvalue weighted by molar-refractivity contribution is -0.384. The lowest BCUT2D eigenvalue weighted by Crippen LogP contribution is -2.44. The summed E-state index contributed by atoms with van der Waals surface area (Å²) in [6.45, 7) is 1.18. The number of halogens is 1. The monoisotopic (exact) mass is 470 g/mol.